The van der Waals surface area contributed by atoms with Crippen molar-refractivity contribution in [3.8, 4) is 22.8 Å². The number of aliphatic hydroxyl groups excluding tert-OH is 2. The molecule has 1 aliphatic carbocycles. The molecule has 5 rings (SSSR count). The lowest BCUT2D eigenvalue weighted by Crippen LogP contribution is -2.30. The number of nitrogens with one attached hydrogen (secondary N) is 2. The number of fused-ring (bicyclic) bond motifs is 1. The predicted molar refractivity (Wildman–Crippen MR) is 137 cm³/mol. The summed E-state index contributed by atoms with van der Waals surface area (Å²) in [6, 6.07) is 10.3. The SMILES string of the molecule is Nc1nonc1-c1nc2c(-c3ccccc3)ncc(NCCCNC[C@H](O)CO)c2n1C1CCCC1. The summed E-state index contributed by atoms with van der Waals surface area (Å²) in [5, 5.41) is 33.0. The Morgan fingerprint density at radius 2 is 1.92 bits per heavy atom. The number of aromatic nitrogens is 5. The van der Waals surface area contributed by atoms with E-state index >= 15 is 0 Å². The summed E-state index contributed by atoms with van der Waals surface area (Å²) >= 11 is 0. The molecule has 1 saturated carbocycles. The summed E-state index contributed by atoms with van der Waals surface area (Å²) in [6.45, 7) is 1.51. The first-order valence-corrected chi connectivity index (χ1v) is 12.5. The van der Waals surface area contributed by atoms with E-state index in [1.54, 1.807) is 0 Å². The van der Waals surface area contributed by atoms with Crippen molar-refractivity contribution in [2.24, 2.45) is 0 Å². The molecular formula is C25H32N8O3. The monoisotopic (exact) mass is 492 g/mol. The van der Waals surface area contributed by atoms with Crippen LogP contribution in [0, 0.1) is 0 Å². The molecule has 190 valence electrons. The van der Waals surface area contributed by atoms with E-state index in [-0.39, 0.29) is 18.5 Å². The second-order valence-electron chi connectivity index (χ2n) is 9.15. The molecule has 0 radical (unpaired) electrons. The van der Waals surface area contributed by atoms with Crippen molar-refractivity contribution < 1.29 is 14.8 Å². The molecule has 6 N–H and O–H groups in total. The molecule has 0 amide bonds. The van der Waals surface area contributed by atoms with Crippen molar-refractivity contribution in [1.29, 1.82) is 0 Å². The van der Waals surface area contributed by atoms with Gasteiger partial charge >= 0.3 is 0 Å². The van der Waals surface area contributed by atoms with E-state index in [9.17, 15) is 5.11 Å². The third-order valence-corrected chi connectivity index (χ3v) is 6.61. The summed E-state index contributed by atoms with van der Waals surface area (Å²) in [5.41, 5.74) is 11.0. The molecule has 3 heterocycles. The van der Waals surface area contributed by atoms with Gasteiger partial charge in [0.15, 0.2) is 17.3 Å². The Hall–Kier alpha value is -3.54. The van der Waals surface area contributed by atoms with Crippen LogP contribution < -0.4 is 16.4 Å². The van der Waals surface area contributed by atoms with Crippen LogP contribution in [0.5, 0.6) is 0 Å². The molecule has 36 heavy (non-hydrogen) atoms. The Balaban J connectivity index is 1.54. The first kappa shape index (κ1) is 24.2. The fourth-order valence-corrected chi connectivity index (χ4v) is 4.85. The summed E-state index contributed by atoms with van der Waals surface area (Å²) < 4.78 is 7.18. The highest BCUT2D eigenvalue weighted by molar-refractivity contribution is 5.99. The summed E-state index contributed by atoms with van der Waals surface area (Å²) in [4.78, 5) is 9.84. The van der Waals surface area contributed by atoms with Crippen molar-refractivity contribution >= 4 is 22.5 Å². The number of aliphatic hydroxyl groups is 2. The van der Waals surface area contributed by atoms with E-state index in [1.807, 2.05) is 36.5 Å². The van der Waals surface area contributed by atoms with Crippen molar-refractivity contribution in [2.45, 2.75) is 44.2 Å². The Morgan fingerprint density at radius 1 is 1.11 bits per heavy atom. The van der Waals surface area contributed by atoms with Gasteiger partial charge in [0.25, 0.3) is 0 Å². The molecule has 1 atom stereocenters. The van der Waals surface area contributed by atoms with Gasteiger partial charge < -0.3 is 31.1 Å². The zero-order valence-electron chi connectivity index (χ0n) is 20.1. The fraction of sp³-hybridized carbons (Fsp3) is 0.440. The van der Waals surface area contributed by atoms with Crippen LogP contribution in [0.15, 0.2) is 41.2 Å². The molecule has 0 saturated heterocycles. The zero-order valence-corrected chi connectivity index (χ0v) is 20.1. The van der Waals surface area contributed by atoms with Crippen molar-refractivity contribution in [2.75, 3.05) is 37.3 Å². The molecule has 0 aliphatic heterocycles. The number of pyridine rings is 1. The van der Waals surface area contributed by atoms with Gasteiger partial charge in [-0.3, -0.25) is 4.98 Å². The average Bonchev–Trinajstić information content (AvgIpc) is 3.66. The molecular weight excluding hydrogens is 460 g/mol. The number of imidazole rings is 1. The molecule has 0 unspecified atom stereocenters. The van der Waals surface area contributed by atoms with Gasteiger partial charge in [-0.1, -0.05) is 43.2 Å². The van der Waals surface area contributed by atoms with Crippen LogP contribution in [-0.4, -0.2) is 67.4 Å². The lowest BCUT2D eigenvalue weighted by atomic mass is 10.1. The van der Waals surface area contributed by atoms with Crippen molar-refractivity contribution in [1.82, 2.24) is 30.2 Å². The maximum absolute atomic E-state index is 9.49. The zero-order chi connectivity index (χ0) is 24.9. The molecule has 3 aromatic heterocycles. The molecule has 0 spiro atoms. The van der Waals surface area contributed by atoms with E-state index in [0.717, 1.165) is 60.1 Å². The second kappa shape index (κ2) is 11.0. The Labute approximate surface area is 208 Å². The van der Waals surface area contributed by atoms with Crippen LogP contribution in [-0.2, 0) is 0 Å². The topological polar surface area (TPSA) is 160 Å². The first-order valence-electron chi connectivity index (χ1n) is 12.5. The normalized spacial score (nSPS) is 15.1. The minimum atomic E-state index is -0.745. The standard InChI is InChI=1S/C25H32N8O3/c26-24-22(31-36-32-24)25-30-21-20(16-7-2-1-3-8-16)29-14-19(23(21)33(25)17-9-4-5-10-17)28-12-6-11-27-13-18(35)15-34/h1-3,7-8,14,17-18,27-28,34-35H,4-6,9-13,15H2,(H2,26,32)/t18-/m0/s1. The minimum Gasteiger partial charge on any atom is -0.394 e. The number of rotatable bonds is 11. The number of anilines is 2. The Bertz CT molecular complexity index is 1280. The Morgan fingerprint density at radius 3 is 2.64 bits per heavy atom. The van der Waals surface area contributed by atoms with Gasteiger partial charge in [-0.05, 0) is 36.1 Å². The van der Waals surface area contributed by atoms with Gasteiger partial charge in [0, 0.05) is 24.7 Å². The number of nitrogen functional groups attached to an aromatic ring is 1. The molecule has 1 aliphatic rings. The number of hydrogen-bond donors (Lipinski definition) is 5. The van der Waals surface area contributed by atoms with E-state index in [2.05, 4.69) is 25.5 Å². The fourth-order valence-electron chi connectivity index (χ4n) is 4.85. The van der Waals surface area contributed by atoms with E-state index in [0.29, 0.717) is 31.2 Å². The van der Waals surface area contributed by atoms with Gasteiger partial charge in [-0.15, -0.1) is 0 Å². The summed E-state index contributed by atoms with van der Waals surface area (Å²) in [5.74, 6) is 0.855. The van der Waals surface area contributed by atoms with Gasteiger partial charge in [0.1, 0.15) is 5.52 Å². The molecule has 4 aromatic rings. The maximum Gasteiger partial charge on any atom is 0.199 e. The van der Waals surface area contributed by atoms with E-state index in [4.69, 9.17) is 25.4 Å². The van der Waals surface area contributed by atoms with Crippen LogP contribution in [0.3, 0.4) is 0 Å². The average molecular weight is 493 g/mol. The third kappa shape index (κ3) is 4.90. The van der Waals surface area contributed by atoms with Crippen LogP contribution in [0.2, 0.25) is 0 Å². The van der Waals surface area contributed by atoms with E-state index < -0.39 is 6.10 Å². The highest BCUT2D eigenvalue weighted by atomic mass is 16.6. The minimum absolute atomic E-state index is 0.212. The van der Waals surface area contributed by atoms with E-state index in [1.165, 1.54) is 0 Å². The molecule has 1 fully saturated rings. The molecule has 0 bridgehead atoms. The first-order chi connectivity index (χ1) is 17.7. The number of nitrogens with zero attached hydrogens (tertiary/aromatic N) is 5. The molecule has 11 heteroatoms. The lowest BCUT2D eigenvalue weighted by molar-refractivity contribution is 0.0946. The van der Waals surface area contributed by atoms with Gasteiger partial charge in [-0.2, -0.15) is 0 Å². The molecule has 1 aromatic carbocycles. The van der Waals surface area contributed by atoms with Gasteiger partial charge in [0.2, 0.25) is 0 Å². The predicted octanol–water partition coefficient (Wildman–Crippen LogP) is 2.59. The maximum atomic E-state index is 9.49. The van der Waals surface area contributed by atoms with Crippen LogP contribution in [0.1, 0.15) is 38.1 Å². The van der Waals surface area contributed by atoms with Crippen molar-refractivity contribution in [3.05, 3.63) is 36.5 Å². The van der Waals surface area contributed by atoms with Crippen LogP contribution >= 0.6 is 0 Å². The van der Waals surface area contributed by atoms with Gasteiger partial charge in [0.05, 0.1) is 35.8 Å². The summed E-state index contributed by atoms with van der Waals surface area (Å²) in [6.07, 6.45) is 6.35. The lowest BCUT2D eigenvalue weighted by Gasteiger charge is -2.18. The highest BCUT2D eigenvalue weighted by Crippen LogP contribution is 2.41. The molecule has 11 nitrogen and oxygen atoms in total. The smallest absolute Gasteiger partial charge is 0.199 e. The number of benzene rings is 1. The summed E-state index contributed by atoms with van der Waals surface area (Å²) in [7, 11) is 0. The third-order valence-electron chi connectivity index (χ3n) is 6.61. The highest BCUT2D eigenvalue weighted by Gasteiger charge is 2.29. The Kier molecular flexibility index (Phi) is 7.40. The van der Waals surface area contributed by atoms with Crippen molar-refractivity contribution in [3.63, 3.8) is 0 Å². The van der Waals surface area contributed by atoms with Gasteiger partial charge in [-0.25, -0.2) is 9.61 Å². The number of nitrogens with two attached hydrogens (primary N) is 1. The quantitative estimate of drug-likeness (QED) is 0.197. The largest absolute Gasteiger partial charge is 0.394 e. The van der Waals surface area contributed by atoms with Crippen LogP contribution in [0.25, 0.3) is 33.8 Å². The second-order valence-corrected chi connectivity index (χ2v) is 9.15. The number of hydrogen-bond acceptors (Lipinski definition) is 10. The van der Waals surface area contributed by atoms with Crippen LogP contribution in [0.4, 0.5) is 11.5 Å².